The summed E-state index contributed by atoms with van der Waals surface area (Å²) in [7, 11) is 4.60. The lowest BCUT2D eigenvalue weighted by Gasteiger charge is -2.09. The summed E-state index contributed by atoms with van der Waals surface area (Å²) < 4.78 is 15.4. The van der Waals surface area contributed by atoms with Gasteiger partial charge in [0.25, 0.3) is 5.91 Å². The third-order valence-corrected chi connectivity index (χ3v) is 3.21. The molecule has 0 heterocycles. The van der Waals surface area contributed by atoms with Gasteiger partial charge in [-0.1, -0.05) is 0 Å². The van der Waals surface area contributed by atoms with Crippen LogP contribution in [-0.4, -0.2) is 33.2 Å². The number of aliphatic imine (C=N–C) groups is 1. The number of amides is 1. The first-order valence-electron chi connectivity index (χ1n) is 7.09. The maximum Gasteiger partial charge on any atom is 0.258 e. The molecule has 0 aromatic heterocycles. The maximum absolute atomic E-state index is 12.2. The lowest BCUT2D eigenvalue weighted by molar-refractivity contribution is 0.0976. The Morgan fingerprint density at radius 3 is 2.21 bits per heavy atom. The Hall–Kier alpha value is -3.22. The Morgan fingerprint density at radius 2 is 1.62 bits per heavy atom. The molecule has 24 heavy (non-hydrogen) atoms. The molecule has 0 atom stereocenters. The highest BCUT2D eigenvalue weighted by Crippen LogP contribution is 2.27. The van der Waals surface area contributed by atoms with E-state index in [-0.39, 0.29) is 5.96 Å². The highest BCUT2D eigenvalue weighted by atomic mass is 16.5. The summed E-state index contributed by atoms with van der Waals surface area (Å²) in [6, 6.07) is 11.8. The predicted molar refractivity (Wildman–Crippen MR) is 91.3 cm³/mol. The smallest absolute Gasteiger partial charge is 0.258 e. The molecule has 1 amide bonds. The molecule has 3 N–H and O–H groups in total. The topological polar surface area (TPSA) is 95.2 Å². The second-order valence-corrected chi connectivity index (χ2v) is 4.72. The number of nitrogens with two attached hydrogens (primary N) is 1. The average Bonchev–Trinajstić information content (AvgIpc) is 2.61. The van der Waals surface area contributed by atoms with E-state index >= 15 is 0 Å². The van der Waals surface area contributed by atoms with Crippen LogP contribution in [0.1, 0.15) is 10.4 Å². The number of nitrogens with zero attached hydrogens (tertiary/aromatic N) is 1. The molecular formula is C17H19N3O4. The van der Waals surface area contributed by atoms with Crippen LogP contribution in [0.5, 0.6) is 17.2 Å². The molecule has 0 bridgehead atoms. The third kappa shape index (κ3) is 4.16. The van der Waals surface area contributed by atoms with Gasteiger partial charge in [0.05, 0.1) is 27.0 Å². The monoisotopic (exact) mass is 329 g/mol. The second-order valence-electron chi connectivity index (χ2n) is 4.72. The summed E-state index contributed by atoms with van der Waals surface area (Å²) >= 11 is 0. The normalized spacial score (nSPS) is 10.9. The van der Waals surface area contributed by atoms with Gasteiger partial charge >= 0.3 is 0 Å². The van der Waals surface area contributed by atoms with Gasteiger partial charge in [-0.05, 0) is 42.5 Å². The molecule has 7 nitrogen and oxygen atoms in total. The van der Waals surface area contributed by atoms with Gasteiger partial charge in [-0.15, -0.1) is 0 Å². The van der Waals surface area contributed by atoms with E-state index in [1.807, 2.05) is 0 Å². The number of carbonyl (C=O) groups excluding carboxylic acids is 1. The van der Waals surface area contributed by atoms with Crippen molar-refractivity contribution in [1.82, 2.24) is 5.32 Å². The number of carbonyl (C=O) groups is 1. The molecule has 0 saturated heterocycles. The first-order chi connectivity index (χ1) is 11.6. The van der Waals surface area contributed by atoms with Crippen molar-refractivity contribution < 1.29 is 19.0 Å². The molecule has 0 aliphatic rings. The molecule has 7 heteroatoms. The van der Waals surface area contributed by atoms with Crippen LogP contribution in [0.4, 0.5) is 5.69 Å². The highest BCUT2D eigenvalue weighted by Gasteiger charge is 2.11. The van der Waals surface area contributed by atoms with Crippen LogP contribution < -0.4 is 25.3 Å². The van der Waals surface area contributed by atoms with E-state index < -0.39 is 5.91 Å². The van der Waals surface area contributed by atoms with Crippen molar-refractivity contribution in [1.29, 1.82) is 0 Å². The van der Waals surface area contributed by atoms with Crippen molar-refractivity contribution in [3.05, 3.63) is 48.0 Å². The van der Waals surface area contributed by atoms with Crippen molar-refractivity contribution in [2.24, 2.45) is 10.7 Å². The zero-order valence-electron chi connectivity index (χ0n) is 13.7. The highest BCUT2D eigenvalue weighted by molar-refractivity contribution is 6.06. The minimum atomic E-state index is -0.397. The Balaban J connectivity index is 2.11. The predicted octanol–water partition coefficient (Wildman–Crippen LogP) is 2.09. The largest absolute Gasteiger partial charge is 0.497 e. The molecule has 2 aromatic rings. The molecule has 0 saturated carbocycles. The van der Waals surface area contributed by atoms with Gasteiger partial charge in [0.2, 0.25) is 5.96 Å². The number of hydrogen-bond acceptors (Lipinski definition) is 5. The van der Waals surface area contributed by atoms with Gasteiger partial charge < -0.3 is 19.9 Å². The SMILES string of the molecule is COc1ccc(N=C(N)NC(=O)c2ccc(OC)c(OC)c2)cc1. The Labute approximate surface area is 140 Å². The molecule has 0 unspecified atom stereocenters. The number of methoxy groups -OCH3 is 3. The van der Waals surface area contributed by atoms with Crippen LogP contribution in [-0.2, 0) is 0 Å². The third-order valence-electron chi connectivity index (χ3n) is 3.21. The van der Waals surface area contributed by atoms with E-state index in [2.05, 4.69) is 10.3 Å². The molecule has 0 radical (unpaired) electrons. The molecule has 0 aliphatic carbocycles. The van der Waals surface area contributed by atoms with Crippen LogP contribution in [0.15, 0.2) is 47.5 Å². The number of hydrogen-bond donors (Lipinski definition) is 2. The van der Waals surface area contributed by atoms with Gasteiger partial charge in [-0.3, -0.25) is 10.1 Å². The van der Waals surface area contributed by atoms with E-state index in [0.717, 1.165) is 0 Å². The van der Waals surface area contributed by atoms with E-state index in [1.165, 1.54) is 14.2 Å². The lowest BCUT2D eigenvalue weighted by Crippen LogP contribution is -2.36. The summed E-state index contributed by atoms with van der Waals surface area (Å²) in [5.74, 6) is 1.29. The summed E-state index contributed by atoms with van der Waals surface area (Å²) in [5.41, 5.74) is 6.75. The van der Waals surface area contributed by atoms with Gasteiger partial charge in [0, 0.05) is 5.56 Å². The first-order valence-corrected chi connectivity index (χ1v) is 7.09. The molecule has 2 rings (SSSR count). The number of rotatable bonds is 5. The zero-order valence-corrected chi connectivity index (χ0v) is 13.7. The van der Waals surface area contributed by atoms with Crippen LogP contribution >= 0.6 is 0 Å². The number of ether oxygens (including phenoxy) is 3. The van der Waals surface area contributed by atoms with Crippen LogP contribution in [0.25, 0.3) is 0 Å². The van der Waals surface area contributed by atoms with Crippen LogP contribution in [0.3, 0.4) is 0 Å². The average molecular weight is 329 g/mol. The second kappa shape index (κ2) is 7.87. The summed E-state index contributed by atoms with van der Waals surface area (Å²) in [4.78, 5) is 16.4. The minimum Gasteiger partial charge on any atom is -0.497 e. The van der Waals surface area contributed by atoms with Crippen molar-refractivity contribution in [2.75, 3.05) is 21.3 Å². The summed E-state index contributed by atoms with van der Waals surface area (Å²) in [6.45, 7) is 0. The van der Waals surface area contributed by atoms with E-state index in [9.17, 15) is 4.79 Å². The Bertz CT molecular complexity index is 742. The van der Waals surface area contributed by atoms with Crippen molar-refractivity contribution in [3.8, 4) is 17.2 Å². The standard InChI is InChI=1S/C17H19N3O4/c1-22-13-7-5-12(6-8-13)19-17(18)20-16(21)11-4-9-14(23-2)15(10-11)24-3/h4-10H,1-3H3,(H3,18,19,20,21). The maximum atomic E-state index is 12.2. The van der Waals surface area contributed by atoms with Gasteiger partial charge in [-0.2, -0.15) is 0 Å². The van der Waals surface area contributed by atoms with Gasteiger partial charge in [-0.25, -0.2) is 4.99 Å². The fraction of sp³-hybridized carbons (Fsp3) is 0.176. The number of benzene rings is 2. The first kappa shape index (κ1) is 17.1. The quantitative estimate of drug-likeness (QED) is 0.647. The number of guanidine groups is 1. The Morgan fingerprint density at radius 1 is 0.958 bits per heavy atom. The van der Waals surface area contributed by atoms with Crippen LogP contribution in [0.2, 0.25) is 0 Å². The van der Waals surface area contributed by atoms with E-state index in [1.54, 1.807) is 49.6 Å². The molecule has 2 aromatic carbocycles. The molecule has 0 spiro atoms. The van der Waals surface area contributed by atoms with E-state index in [0.29, 0.717) is 28.5 Å². The van der Waals surface area contributed by atoms with Gasteiger partial charge in [0.15, 0.2) is 11.5 Å². The molecular weight excluding hydrogens is 310 g/mol. The van der Waals surface area contributed by atoms with Crippen molar-refractivity contribution in [3.63, 3.8) is 0 Å². The Kier molecular flexibility index (Phi) is 5.62. The number of nitrogens with one attached hydrogen (secondary N) is 1. The van der Waals surface area contributed by atoms with Crippen LogP contribution in [0, 0.1) is 0 Å². The minimum absolute atomic E-state index is 0.0139. The van der Waals surface area contributed by atoms with Crippen molar-refractivity contribution >= 4 is 17.6 Å². The van der Waals surface area contributed by atoms with Gasteiger partial charge in [0.1, 0.15) is 5.75 Å². The lowest BCUT2D eigenvalue weighted by atomic mass is 10.2. The zero-order chi connectivity index (χ0) is 17.5. The fourth-order valence-electron chi connectivity index (χ4n) is 1.99. The van der Waals surface area contributed by atoms with Crippen molar-refractivity contribution in [2.45, 2.75) is 0 Å². The summed E-state index contributed by atoms with van der Waals surface area (Å²) in [5, 5.41) is 2.52. The molecule has 0 fully saturated rings. The van der Waals surface area contributed by atoms with E-state index in [4.69, 9.17) is 19.9 Å². The fourth-order valence-corrected chi connectivity index (χ4v) is 1.99. The molecule has 0 aliphatic heterocycles. The summed E-state index contributed by atoms with van der Waals surface area (Å²) in [6.07, 6.45) is 0. The molecule has 126 valence electrons.